The summed E-state index contributed by atoms with van der Waals surface area (Å²) >= 11 is 0. The molecule has 128 valence electrons. The van der Waals surface area contributed by atoms with E-state index in [-0.39, 0.29) is 5.41 Å². The van der Waals surface area contributed by atoms with Crippen LogP contribution in [0.3, 0.4) is 0 Å². The van der Waals surface area contributed by atoms with Gasteiger partial charge in [-0.25, -0.2) is 0 Å². The molecule has 0 amide bonds. The van der Waals surface area contributed by atoms with Crippen LogP contribution in [0, 0.1) is 12.3 Å². The fraction of sp³-hybridized carbons (Fsp3) is 0.619. The van der Waals surface area contributed by atoms with Crippen LogP contribution in [0.5, 0.6) is 0 Å². The van der Waals surface area contributed by atoms with Gasteiger partial charge in [0.05, 0.1) is 0 Å². The molecule has 0 saturated carbocycles. The summed E-state index contributed by atoms with van der Waals surface area (Å²) in [7, 11) is 0. The first-order valence-corrected chi connectivity index (χ1v) is 8.66. The highest BCUT2D eigenvalue weighted by atomic mass is 14.6. The lowest BCUT2D eigenvalue weighted by Gasteiger charge is -2.21. The molecule has 22 heavy (non-hydrogen) atoms. The first-order valence-electron chi connectivity index (χ1n) is 8.66. The maximum atomic E-state index is 5.29. The molecule has 1 rings (SSSR count). The molecule has 1 aromatic carbocycles. The Bertz CT molecular complexity index is 379. The third kappa shape index (κ3) is 12.6. The van der Waals surface area contributed by atoms with Crippen molar-refractivity contribution in [2.75, 3.05) is 0 Å². The molecule has 0 aliphatic carbocycles. The van der Waals surface area contributed by atoms with Crippen LogP contribution in [0.15, 0.2) is 36.4 Å². The predicted octanol–water partition coefficient (Wildman–Crippen LogP) is 6.30. The van der Waals surface area contributed by atoms with Crippen molar-refractivity contribution in [1.29, 1.82) is 0 Å². The lowest BCUT2D eigenvalue weighted by Crippen LogP contribution is -2.11. The molecule has 1 nitrogen and oxygen atoms in total. The van der Waals surface area contributed by atoms with Crippen LogP contribution in [0.2, 0.25) is 0 Å². The van der Waals surface area contributed by atoms with E-state index in [2.05, 4.69) is 65.5 Å². The van der Waals surface area contributed by atoms with Gasteiger partial charge in [0, 0.05) is 6.04 Å². The summed E-state index contributed by atoms with van der Waals surface area (Å²) in [5, 5.41) is 0. The molecule has 1 atom stereocenters. The van der Waals surface area contributed by atoms with E-state index in [0.717, 1.165) is 19.3 Å². The Morgan fingerprint density at radius 1 is 1.14 bits per heavy atom. The maximum Gasteiger partial charge on any atom is 0.000781 e. The fourth-order valence-electron chi connectivity index (χ4n) is 1.42. The van der Waals surface area contributed by atoms with Crippen LogP contribution in [-0.4, -0.2) is 6.04 Å². The standard InChI is InChI=1S/C15H22.C4H11N.C2H6/c1-12-6-9-14(10-7-12)11-8-13(2)15(3,4)5;1-3-4(2)5;1-2/h6-7,9-10H,2,8,11H2,1,3-5H3;4H,3,5H2,1-2H3;1-2H3. The Hall–Kier alpha value is -1.08. The molecule has 1 unspecified atom stereocenters. The Morgan fingerprint density at radius 2 is 1.55 bits per heavy atom. The van der Waals surface area contributed by atoms with E-state index in [1.165, 1.54) is 16.7 Å². The Kier molecular flexibility index (Phi) is 13.1. The number of rotatable bonds is 4. The van der Waals surface area contributed by atoms with Crippen molar-refractivity contribution >= 4 is 0 Å². The molecule has 1 aromatic rings. The van der Waals surface area contributed by atoms with Crippen molar-refractivity contribution in [2.24, 2.45) is 11.1 Å². The molecule has 0 fully saturated rings. The van der Waals surface area contributed by atoms with Crippen LogP contribution in [0.4, 0.5) is 0 Å². The SMILES string of the molecule is C=C(CCc1ccc(C)cc1)C(C)(C)C.CC.CCC(C)N. The molecule has 0 spiro atoms. The average molecular weight is 306 g/mol. The van der Waals surface area contributed by atoms with Crippen molar-refractivity contribution in [3.63, 3.8) is 0 Å². The number of allylic oxidation sites excluding steroid dienone is 1. The molecule has 0 aliphatic rings. The highest BCUT2D eigenvalue weighted by molar-refractivity contribution is 5.22. The Labute approximate surface area is 140 Å². The quantitative estimate of drug-likeness (QED) is 0.649. The van der Waals surface area contributed by atoms with E-state index in [1.54, 1.807) is 0 Å². The van der Waals surface area contributed by atoms with Crippen molar-refractivity contribution in [2.45, 2.75) is 80.7 Å². The number of aryl methyl sites for hydroxylation is 2. The summed E-state index contributed by atoms with van der Waals surface area (Å²) in [5.41, 5.74) is 9.60. The third-order valence-corrected chi connectivity index (χ3v) is 3.54. The summed E-state index contributed by atoms with van der Waals surface area (Å²) in [6, 6.07) is 9.16. The molecule has 0 saturated heterocycles. The summed E-state index contributed by atoms with van der Waals surface area (Å²) in [4.78, 5) is 0. The second kappa shape index (κ2) is 12.5. The highest BCUT2D eigenvalue weighted by Crippen LogP contribution is 2.27. The van der Waals surface area contributed by atoms with Crippen LogP contribution in [-0.2, 0) is 6.42 Å². The van der Waals surface area contributed by atoms with Crippen LogP contribution in [0.1, 0.15) is 72.4 Å². The van der Waals surface area contributed by atoms with Gasteiger partial charge < -0.3 is 5.73 Å². The highest BCUT2D eigenvalue weighted by Gasteiger charge is 2.14. The minimum absolute atomic E-state index is 0.241. The van der Waals surface area contributed by atoms with Gasteiger partial charge in [-0.05, 0) is 44.1 Å². The minimum Gasteiger partial charge on any atom is -0.328 e. The van der Waals surface area contributed by atoms with E-state index in [9.17, 15) is 0 Å². The number of hydrogen-bond acceptors (Lipinski definition) is 1. The van der Waals surface area contributed by atoms with E-state index in [4.69, 9.17) is 5.73 Å². The van der Waals surface area contributed by atoms with Gasteiger partial charge in [-0.1, -0.05) is 83.5 Å². The largest absolute Gasteiger partial charge is 0.328 e. The van der Waals surface area contributed by atoms with Crippen molar-refractivity contribution in [1.82, 2.24) is 0 Å². The lowest BCUT2D eigenvalue weighted by molar-refractivity contribution is 0.484. The van der Waals surface area contributed by atoms with E-state index in [0.29, 0.717) is 6.04 Å². The predicted molar refractivity (Wildman–Crippen MR) is 103 cm³/mol. The molecular weight excluding hydrogens is 266 g/mol. The van der Waals surface area contributed by atoms with Crippen LogP contribution in [0.25, 0.3) is 0 Å². The second-order valence-electron chi connectivity index (χ2n) is 6.72. The molecular formula is C21H39N. The number of benzene rings is 1. The van der Waals surface area contributed by atoms with Crippen LogP contribution >= 0.6 is 0 Å². The zero-order valence-electron chi connectivity index (χ0n) is 16.3. The van der Waals surface area contributed by atoms with Crippen molar-refractivity contribution in [3.05, 3.63) is 47.5 Å². The molecule has 2 N–H and O–H groups in total. The summed E-state index contributed by atoms with van der Waals surface area (Å²) in [5.74, 6) is 0. The molecule has 0 aliphatic heterocycles. The zero-order valence-corrected chi connectivity index (χ0v) is 16.3. The smallest absolute Gasteiger partial charge is 0.000781 e. The lowest BCUT2D eigenvalue weighted by atomic mass is 9.84. The van der Waals surface area contributed by atoms with E-state index >= 15 is 0 Å². The Morgan fingerprint density at radius 3 is 1.86 bits per heavy atom. The summed E-state index contributed by atoms with van der Waals surface area (Å²) in [6.07, 6.45) is 3.28. The van der Waals surface area contributed by atoms with Gasteiger partial charge in [0.1, 0.15) is 0 Å². The fourth-order valence-corrected chi connectivity index (χ4v) is 1.42. The monoisotopic (exact) mass is 305 g/mol. The minimum atomic E-state index is 0.241. The van der Waals surface area contributed by atoms with Gasteiger partial charge in [0.15, 0.2) is 0 Å². The van der Waals surface area contributed by atoms with Crippen LogP contribution < -0.4 is 5.73 Å². The molecule has 0 heterocycles. The summed E-state index contributed by atoms with van der Waals surface area (Å²) < 4.78 is 0. The van der Waals surface area contributed by atoms with Gasteiger partial charge >= 0.3 is 0 Å². The third-order valence-electron chi connectivity index (χ3n) is 3.54. The number of hydrogen-bond donors (Lipinski definition) is 1. The zero-order chi connectivity index (χ0) is 17.8. The van der Waals surface area contributed by atoms with E-state index < -0.39 is 0 Å². The summed E-state index contributed by atoms with van der Waals surface area (Å²) in [6.45, 7) is 21.0. The molecule has 0 radical (unpaired) electrons. The molecule has 0 bridgehead atoms. The van der Waals surface area contributed by atoms with Gasteiger partial charge in [-0.2, -0.15) is 0 Å². The van der Waals surface area contributed by atoms with Gasteiger partial charge in [0.25, 0.3) is 0 Å². The first-order chi connectivity index (χ1) is 10.2. The van der Waals surface area contributed by atoms with Crippen molar-refractivity contribution in [3.8, 4) is 0 Å². The first kappa shape index (κ1) is 23.2. The molecule has 0 aromatic heterocycles. The second-order valence-corrected chi connectivity index (χ2v) is 6.72. The van der Waals surface area contributed by atoms with Gasteiger partial charge in [-0.15, -0.1) is 0 Å². The van der Waals surface area contributed by atoms with Gasteiger partial charge in [0.2, 0.25) is 0 Å². The average Bonchev–Trinajstić information content (AvgIpc) is 2.48. The van der Waals surface area contributed by atoms with Gasteiger partial charge in [-0.3, -0.25) is 0 Å². The molecule has 1 heteroatoms. The number of nitrogens with two attached hydrogens (primary N) is 1. The Balaban J connectivity index is 0. The normalized spacial score (nSPS) is 11.5. The van der Waals surface area contributed by atoms with E-state index in [1.807, 2.05) is 20.8 Å². The van der Waals surface area contributed by atoms with Crippen molar-refractivity contribution < 1.29 is 0 Å². The topological polar surface area (TPSA) is 26.0 Å². The maximum absolute atomic E-state index is 5.29.